The maximum Gasteiger partial charge on any atom is 0.317 e. The Morgan fingerprint density at radius 3 is 2.20 bits per heavy atom. The minimum absolute atomic E-state index is 0.156. The average Bonchev–Trinajstić information content (AvgIpc) is 2.85. The van der Waals surface area contributed by atoms with Gasteiger partial charge >= 0.3 is 6.03 Å². The van der Waals surface area contributed by atoms with Crippen molar-refractivity contribution in [3.8, 4) is 0 Å². The maximum atomic E-state index is 12.6. The van der Waals surface area contributed by atoms with Crippen molar-refractivity contribution >= 4 is 6.03 Å². The van der Waals surface area contributed by atoms with Crippen LogP contribution in [0.1, 0.15) is 44.9 Å². The Hall–Kier alpha value is -0.770. The van der Waals surface area contributed by atoms with Gasteiger partial charge in [-0.1, -0.05) is 0 Å². The lowest BCUT2D eigenvalue weighted by Gasteiger charge is -2.57. The second kappa shape index (κ2) is 4.62. The van der Waals surface area contributed by atoms with Crippen molar-refractivity contribution in [2.75, 3.05) is 20.1 Å². The second-order valence-electron chi connectivity index (χ2n) is 7.85. The van der Waals surface area contributed by atoms with E-state index in [4.69, 9.17) is 0 Å². The van der Waals surface area contributed by atoms with Gasteiger partial charge in [0.05, 0.1) is 0 Å². The van der Waals surface area contributed by atoms with E-state index < -0.39 is 0 Å². The summed E-state index contributed by atoms with van der Waals surface area (Å²) in [6.07, 6.45) is 9.11. The fraction of sp³-hybridized carbons (Fsp3) is 0.938. The van der Waals surface area contributed by atoms with Gasteiger partial charge in [0, 0.05) is 24.7 Å². The molecule has 1 aliphatic heterocycles. The molecule has 5 aliphatic rings. The van der Waals surface area contributed by atoms with Crippen molar-refractivity contribution in [2.24, 2.45) is 17.8 Å². The van der Waals surface area contributed by atoms with E-state index in [0.29, 0.717) is 6.04 Å². The molecule has 5 fully saturated rings. The molecule has 112 valence electrons. The molecule has 5 rings (SSSR count). The van der Waals surface area contributed by atoms with Crippen LogP contribution in [0, 0.1) is 17.8 Å². The second-order valence-corrected chi connectivity index (χ2v) is 7.85. The molecule has 1 unspecified atom stereocenters. The van der Waals surface area contributed by atoms with Gasteiger partial charge in [0.15, 0.2) is 0 Å². The first-order valence-electron chi connectivity index (χ1n) is 8.40. The molecular weight excluding hydrogens is 250 g/mol. The van der Waals surface area contributed by atoms with E-state index in [1.807, 2.05) is 11.9 Å². The summed E-state index contributed by atoms with van der Waals surface area (Å²) in [5, 5.41) is 6.76. The third kappa shape index (κ3) is 2.12. The van der Waals surface area contributed by atoms with E-state index in [2.05, 4.69) is 10.6 Å². The third-order valence-corrected chi connectivity index (χ3v) is 6.29. The summed E-state index contributed by atoms with van der Waals surface area (Å²) < 4.78 is 0. The molecule has 0 radical (unpaired) electrons. The number of carbonyl (C=O) groups is 1. The number of carbonyl (C=O) groups excluding carboxylic acids is 1. The summed E-state index contributed by atoms with van der Waals surface area (Å²) in [4.78, 5) is 14.6. The van der Waals surface area contributed by atoms with Crippen molar-refractivity contribution in [1.29, 1.82) is 0 Å². The molecular formula is C16H27N3O. The van der Waals surface area contributed by atoms with Gasteiger partial charge in [-0.25, -0.2) is 4.79 Å². The van der Waals surface area contributed by atoms with E-state index in [-0.39, 0.29) is 11.6 Å². The molecule has 4 aliphatic carbocycles. The fourth-order valence-corrected chi connectivity index (χ4v) is 5.75. The predicted molar refractivity (Wildman–Crippen MR) is 78.5 cm³/mol. The van der Waals surface area contributed by atoms with Crippen molar-refractivity contribution in [3.05, 3.63) is 0 Å². The minimum atomic E-state index is 0.156. The minimum Gasteiger partial charge on any atom is -0.333 e. The maximum absolute atomic E-state index is 12.6. The van der Waals surface area contributed by atoms with Crippen LogP contribution < -0.4 is 10.6 Å². The smallest absolute Gasteiger partial charge is 0.317 e. The molecule has 1 heterocycles. The highest BCUT2D eigenvalue weighted by Gasteiger charge is 2.51. The van der Waals surface area contributed by atoms with Crippen LogP contribution in [-0.4, -0.2) is 42.6 Å². The first-order valence-corrected chi connectivity index (χ1v) is 8.40. The average molecular weight is 277 g/mol. The van der Waals surface area contributed by atoms with Crippen LogP contribution in [0.2, 0.25) is 0 Å². The summed E-state index contributed by atoms with van der Waals surface area (Å²) in [5.41, 5.74) is 0.156. The number of rotatable bonds is 2. The first kappa shape index (κ1) is 12.9. The number of urea groups is 1. The third-order valence-electron chi connectivity index (χ3n) is 6.29. The molecule has 0 aromatic rings. The van der Waals surface area contributed by atoms with E-state index >= 15 is 0 Å². The Morgan fingerprint density at radius 1 is 1.10 bits per heavy atom. The number of nitrogens with zero attached hydrogens (tertiary/aromatic N) is 1. The lowest BCUT2D eigenvalue weighted by Crippen LogP contribution is -2.61. The monoisotopic (exact) mass is 277 g/mol. The number of hydrogen-bond acceptors (Lipinski definition) is 2. The highest BCUT2D eigenvalue weighted by Crippen LogP contribution is 2.55. The molecule has 1 saturated heterocycles. The summed E-state index contributed by atoms with van der Waals surface area (Å²) in [6.45, 7) is 1.78. The molecule has 20 heavy (non-hydrogen) atoms. The van der Waals surface area contributed by atoms with Crippen molar-refractivity contribution in [1.82, 2.24) is 15.5 Å². The van der Waals surface area contributed by atoms with Gasteiger partial charge in [-0.15, -0.1) is 0 Å². The van der Waals surface area contributed by atoms with Crippen LogP contribution in [0.25, 0.3) is 0 Å². The molecule has 4 nitrogen and oxygen atoms in total. The van der Waals surface area contributed by atoms with Crippen LogP contribution in [0.5, 0.6) is 0 Å². The summed E-state index contributed by atoms with van der Waals surface area (Å²) >= 11 is 0. The Bertz CT molecular complexity index is 373. The molecule has 0 spiro atoms. The Labute approximate surface area is 121 Å². The molecule has 4 heteroatoms. The van der Waals surface area contributed by atoms with Crippen molar-refractivity contribution in [2.45, 2.75) is 56.5 Å². The van der Waals surface area contributed by atoms with E-state index in [1.165, 1.54) is 38.5 Å². The van der Waals surface area contributed by atoms with E-state index in [1.54, 1.807) is 0 Å². The van der Waals surface area contributed by atoms with Gasteiger partial charge in [0.2, 0.25) is 0 Å². The van der Waals surface area contributed by atoms with Crippen LogP contribution in [0.4, 0.5) is 4.79 Å². The van der Waals surface area contributed by atoms with Crippen LogP contribution in [-0.2, 0) is 0 Å². The van der Waals surface area contributed by atoms with Crippen LogP contribution in [0.3, 0.4) is 0 Å². The molecule has 0 aromatic carbocycles. The van der Waals surface area contributed by atoms with Gasteiger partial charge < -0.3 is 15.5 Å². The molecule has 4 bridgehead atoms. The van der Waals surface area contributed by atoms with Gasteiger partial charge in [-0.05, 0) is 69.7 Å². The zero-order valence-electron chi connectivity index (χ0n) is 12.5. The molecule has 4 saturated carbocycles. The standard InChI is InChI=1S/C16H27N3O/c1-17-14-2-3-19(10-14)15(20)18-16-7-11-4-12(8-16)6-13(5-11)9-16/h11-14,17H,2-10H2,1H3,(H,18,20). The number of hydrogen-bond donors (Lipinski definition) is 2. The predicted octanol–water partition coefficient (Wildman–Crippen LogP) is 1.96. The summed E-state index contributed by atoms with van der Waals surface area (Å²) in [6, 6.07) is 0.682. The number of likely N-dealkylation sites (N-methyl/N-ethyl adjacent to an activating group) is 1. The Kier molecular flexibility index (Phi) is 2.99. The zero-order valence-corrected chi connectivity index (χ0v) is 12.5. The van der Waals surface area contributed by atoms with Gasteiger partial charge in [0.1, 0.15) is 0 Å². The van der Waals surface area contributed by atoms with Gasteiger partial charge in [0.25, 0.3) is 0 Å². The first-order chi connectivity index (χ1) is 9.66. The van der Waals surface area contributed by atoms with Crippen LogP contribution in [0.15, 0.2) is 0 Å². The summed E-state index contributed by atoms with van der Waals surface area (Å²) in [5.74, 6) is 2.68. The quantitative estimate of drug-likeness (QED) is 0.810. The molecule has 2 amide bonds. The lowest BCUT2D eigenvalue weighted by molar-refractivity contribution is -0.0153. The van der Waals surface area contributed by atoms with Crippen molar-refractivity contribution in [3.63, 3.8) is 0 Å². The highest BCUT2D eigenvalue weighted by molar-refractivity contribution is 5.75. The molecule has 2 N–H and O–H groups in total. The van der Waals surface area contributed by atoms with Gasteiger partial charge in [-0.3, -0.25) is 0 Å². The fourth-order valence-electron chi connectivity index (χ4n) is 5.75. The number of nitrogens with one attached hydrogen (secondary N) is 2. The zero-order chi connectivity index (χ0) is 13.7. The molecule has 0 aromatic heterocycles. The lowest BCUT2D eigenvalue weighted by atomic mass is 9.53. The topological polar surface area (TPSA) is 44.4 Å². The van der Waals surface area contributed by atoms with Crippen molar-refractivity contribution < 1.29 is 4.79 Å². The summed E-state index contributed by atoms with van der Waals surface area (Å²) in [7, 11) is 1.99. The number of amides is 2. The van der Waals surface area contributed by atoms with E-state index in [9.17, 15) is 4.79 Å². The number of likely N-dealkylation sites (tertiary alicyclic amines) is 1. The molecule has 1 atom stereocenters. The highest BCUT2D eigenvalue weighted by atomic mass is 16.2. The Balaban J connectivity index is 1.42. The largest absolute Gasteiger partial charge is 0.333 e. The Morgan fingerprint density at radius 2 is 1.70 bits per heavy atom. The van der Waals surface area contributed by atoms with Crippen LogP contribution >= 0.6 is 0 Å². The van der Waals surface area contributed by atoms with E-state index in [0.717, 1.165) is 37.3 Å². The normalized spacial score (nSPS) is 46.0. The SMILES string of the molecule is CNC1CCN(C(=O)NC23CC4CC(CC(C4)C2)C3)C1. The van der Waals surface area contributed by atoms with Gasteiger partial charge in [-0.2, -0.15) is 0 Å².